The number of halogens is 3. The molecule has 0 saturated heterocycles. The minimum atomic E-state index is -0.295. The molecule has 2 aromatic rings. The molecule has 2 rings (SSSR count). The lowest BCUT2D eigenvalue weighted by Gasteiger charge is -2.21. The van der Waals surface area contributed by atoms with Crippen LogP contribution in [0.2, 0.25) is 5.02 Å². The van der Waals surface area contributed by atoms with E-state index in [2.05, 4.69) is 5.32 Å². The Labute approximate surface area is 128 Å². The molecule has 0 saturated carbocycles. The minimum Gasteiger partial charge on any atom is -0.310 e. The molecule has 0 bridgehead atoms. The Balaban J connectivity index is 2.35. The fourth-order valence-electron chi connectivity index (χ4n) is 2.44. The largest absolute Gasteiger partial charge is 0.310 e. The van der Waals surface area contributed by atoms with Gasteiger partial charge < -0.3 is 5.32 Å². The number of aryl methyl sites for hydroxylation is 1. The number of rotatable bonds is 5. The van der Waals surface area contributed by atoms with E-state index in [1.807, 2.05) is 13.8 Å². The molecule has 0 fully saturated rings. The molecule has 0 aliphatic rings. The molecular formula is C17H18ClF2N. The van der Waals surface area contributed by atoms with Crippen molar-refractivity contribution in [3.8, 4) is 0 Å². The Kier molecular flexibility index (Phi) is 5.32. The highest BCUT2D eigenvalue weighted by Gasteiger charge is 2.16. The average molecular weight is 310 g/mol. The molecular weight excluding hydrogens is 292 g/mol. The quantitative estimate of drug-likeness (QED) is 0.835. The average Bonchev–Trinajstić information content (AvgIpc) is 2.45. The van der Waals surface area contributed by atoms with E-state index in [0.717, 1.165) is 11.1 Å². The molecule has 0 aromatic heterocycles. The summed E-state index contributed by atoms with van der Waals surface area (Å²) in [7, 11) is 0. The second kappa shape index (κ2) is 7.01. The maximum Gasteiger partial charge on any atom is 0.126 e. The van der Waals surface area contributed by atoms with Crippen LogP contribution in [-0.4, -0.2) is 6.54 Å². The summed E-state index contributed by atoms with van der Waals surface area (Å²) in [5, 5.41) is 3.78. The summed E-state index contributed by atoms with van der Waals surface area (Å²) in [5.41, 5.74) is 2.35. The van der Waals surface area contributed by atoms with E-state index in [-0.39, 0.29) is 17.7 Å². The first-order valence-electron chi connectivity index (χ1n) is 6.94. The lowest BCUT2D eigenvalue weighted by Crippen LogP contribution is -2.24. The lowest BCUT2D eigenvalue weighted by atomic mass is 9.95. The Morgan fingerprint density at radius 3 is 2.62 bits per heavy atom. The van der Waals surface area contributed by atoms with Crippen LogP contribution in [0.3, 0.4) is 0 Å². The van der Waals surface area contributed by atoms with Crippen molar-refractivity contribution in [1.29, 1.82) is 0 Å². The Morgan fingerprint density at radius 1 is 1.14 bits per heavy atom. The molecule has 1 unspecified atom stereocenters. The summed E-state index contributed by atoms with van der Waals surface area (Å²) in [5.74, 6) is -0.582. The third-order valence-electron chi connectivity index (χ3n) is 3.50. The first-order valence-corrected chi connectivity index (χ1v) is 7.32. The van der Waals surface area contributed by atoms with Crippen LogP contribution in [0.4, 0.5) is 8.78 Å². The molecule has 1 nitrogen and oxygen atoms in total. The van der Waals surface area contributed by atoms with Crippen LogP contribution in [0.1, 0.15) is 29.7 Å². The van der Waals surface area contributed by atoms with Crippen molar-refractivity contribution in [2.24, 2.45) is 0 Å². The highest BCUT2D eigenvalue weighted by atomic mass is 35.5. The first-order chi connectivity index (χ1) is 10.0. The molecule has 0 aliphatic heterocycles. The zero-order valence-corrected chi connectivity index (χ0v) is 12.8. The van der Waals surface area contributed by atoms with Gasteiger partial charge in [-0.2, -0.15) is 0 Å². The second-order valence-corrected chi connectivity index (χ2v) is 5.49. The summed E-state index contributed by atoms with van der Waals surface area (Å²) in [6.07, 6.45) is 0.421. The van der Waals surface area contributed by atoms with Crippen molar-refractivity contribution in [2.45, 2.75) is 26.3 Å². The Morgan fingerprint density at radius 2 is 1.90 bits per heavy atom. The van der Waals surface area contributed by atoms with E-state index >= 15 is 0 Å². The second-order valence-electron chi connectivity index (χ2n) is 5.05. The molecule has 0 spiro atoms. The molecule has 0 amide bonds. The van der Waals surface area contributed by atoms with Crippen molar-refractivity contribution in [3.63, 3.8) is 0 Å². The molecule has 1 atom stereocenters. The molecule has 2 aromatic carbocycles. The van der Waals surface area contributed by atoms with Crippen molar-refractivity contribution in [1.82, 2.24) is 5.32 Å². The van der Waals surface area contributed by atoms with Crippen LogP contribution in [0, 0.1) is 18.6 Å². The molecule has 0 aliphatic carbocycles. The van der Waals surface area contributed by atoms with Gasteiger partial charge in [-0.15, -0.1) is 0 Å². The predicted octanol–water partition coefficient (Wildman–Crippen LogP) is 4.82. The van der Waals surface area contributed by atoms with E-state index in [9.17, 15) is 8.78 Å². The van der Waals surface area contributed by atoms with E-state index in [1.54, 1.807) is 12.1 Å². The third-order valence-corrected chi connectivity index (χ3v) is 3.73. The molecule has 0 radical (unpaired) electrons. The van der Waals surface area contributed by atoms with Gasteiger partial charge in [-0.25, -0.2) is 8.78 Å². The summed E-state index contributed by atoms with van der Waals surface area (Å²) in [6, 6.07) is 9.03. The predicted molar refractivity (Wildman–Crippen MR) is 82.7 cm³/mol. The zero-order valence-electron chi connectivity index (χ0n) is 12.1. The number of hydrogen-bond acceptors (Lipinski definition) is 1. The fourth-order valence-corrected chi connectivity index (χ4v) is 2.64. The van der Waals surface area contributed by atoms with Gasteiger partial charge in [0.25, 0.3) is 0 Å². The standard InChI is InChI=1S/C17H18ClF2N/c1-3-21-17(15-10-14(19)6-4-11(15)2)9-12-8-13(18)5-7-16(12)20/h4-8,10,17,21H,3,9H2,1-2H3. The smallest absolute Gasteiger partial charge is 0.126 e. The van der Waals surface area contributed by atoms with Crippen molar-refractivity contribution in [3.05, 3.63) is 69.7 Å². The van der Waals surface area contributed by atoms with Crippen LogP contribution >= 0.6 is 11.6 Å². The topological polar surface area (TPSA) is 12.0 Å². The summed E-state index contributed by atoms with van der Waals surface area (Å²) < 4.78 is 27.4. The number of benzene rings is 2. The highest BCUT2D eigenvalue weighted by molar-refractivity contribution is 6.30. The number of nitrogens with one attached hydrogen (secondary N) is 1. The van der Waals surface area contributed by atoms with Crippen molar-refractivity contribution < 1.29 is 8.78 Å². The van der Waals surface area contributed by atoms with Gasteiger partial charge in [0.05, 0.1) is 0 Å². The van der Waals surface area contributed by atoms with Gasteiger partial charge in [0.15, 0.2) is 0 Å². The van der Waals surface area contributed by atoms with E-state index in [4.69, 9.17) is 11.6 Å². The van der Waals surface area contributed by atoms with Crippen molar-refractivity contribution >= 4 is 11.6 Å². The molecule has 4 heteroatoms. The third kappa shape index (κ3) is 4.02. The maximum atomic E-state index is 13.9. The normalized spacial score (nSPS) is 12.4. The van der Waals surface area contributed by atoms with Crippen LogP contribution in [0.5, 0.6) is 0 Å². The van der Waals surface area contributed by atoms with Crippen molar-refractivity contribution in [2.75, 3.05) is 6.54 Å². The molecule has 112 valence electrons. The van der Waals surface area contributed by atoms with Gasteiger partial charge in [-0.05, 0) is 66.9 Å². The van der Waals surface area contributed by atoms with Gasteiger partial charge in [0.1, 0.15) is 11.6 Å². The lowest BCUT2D eigenvalue weighted by molar-refractivity contribution is 0.521. The molecule has 0 heterocycles. The van der Waals surface area contributed by atoms with Gasteiger partial charge in [-0.1, -0.05) is 24.6 Å². The number of hydrogen-bond donors (Lipinski definition) is 1. The fraction of sp³-hybridized carbons (Fsp3) is 0.294. The highest BCUT2D eigenvalue weighted by Crippen LogP contribution is 2.25. The van der Waals surface area contributed by atoms with Gasteiger partial charge >= 0.3 is 0 Å². The SMILES string of the molecule is CCNC(Cc1cc(Cl)ccc1F)c1cc(F)ccc1C. The number of likely N-dealkylation sites (N-methyl/N-ethyl adjacent to an activating group) is 1. The monoisotopic (exact) mass is 309 g/mol. The van der Waals surface area contributed by atoms with Crippen LogP contribution < -0.4 is 5.32 Å². The Hall–Kier alpha value is -1.45. The van der Waals surface area contributed by atoms with E-state index in [0.29, 0.717) is 23.6 Å². The zero-order chi connectivity index (χ0) is 15.4. The van der Waals surface area contributed by atoms with E-state index in [1.165, 1.54) is 24.3 Å². The maximum absolute atomic E-state index is 13.9. The van der Waals surface area contributed by atoms with Gasteiger partial charge in [0.2, 0.25) is 0 Å². The Bertz CT molecular complexity index is 628. The summed E-state index contributed by atoms with van der Waals surface area (Å²) in [4.78, 5) is 0. The van der Waals surface area contributed by atoms with Gasteiger partial charge in [-0.3, -0.25) is 0 Å². The van der Waals surface area contributed by atoms with Crippen LogP contribution in [-0.2, 0) is 6.42 Å². The van der Waals surface area contributed by atoms with Gasteiger partial charge in [0, 0.05) is 11.1 Å². The minimum absolute atomic E-state index is 0.154. The summed E-state index contributed by atoms with van der Waals surface area (Å²) >= 11 is 5.93. The van der Waals surface area contributed by atoms with E-state index < -0.39 is 0 Å². The summed E-state index contributed by atoms with van der Waals surface area (Å²) in [6.45, 7) is 4.60. The van der Waals surface area contributed by atoms with Crippen LogP contribution in [0.15, 0.2) is 36.4 Å². The van der Waals surface area contributed by atoms with Crippen LogP contribution in [0.25, 0.3) is 0 Å². The molecule has 21 heavy (non-hydrogen) atoms. The molecule has 1 N–H and O–H groups in total. The first kappa shape index (κ1) is 15.9.